The van der Waals surface area contributed by atoms with Crippen LogP contribution in [0.2, 0.25) is 0 Å². The van der Waals surface area contributed by atoms with Crippen molar-refractivity contribution in [2.24, 2.45) is 0 Å². The van der Waals surface area contributed by atoms with E-state index in [2.05, 4.69) is 18.0 Å². The van der Waals surface area contributed by atoms with E-state index >= 15 is 0 Å². The fourth-order valence-corrected chi connectivity index (χ4v) is 2.99. The molecular formula is C12H15NOS. The molecule has 1 N–H and O–H groups in total. The number of aryl methyl sites for hydroxylation is 2. The van der Waals surface area contributed by atoms with E-state index in [0.717, 1.165) is 24.1 Å². The molecule has 0 aromatic carbocycles. The van der Waals surface area contributed by atoms with E-state index in [4.69, 9.17) is 0 Å². The maximum atomic E-state index is 11.7. The van der Waals surface area contributed by atoms with E-state index in [1.165, 1.54) is 16.9 Å². The van der Waals surface area contributed by atoms with Gasteiger partial charge >= 0.3 is 0 Å². The van der Waals surface area contributed by atoms with Gasteiger partial charge in [0.05, 0.1) is 4.88 Å². The van der Waals surface area contributed by atoms with Crippen LogP contribution in [0, 0.1) is 0 Å². The van der Waals surface area contributed by atoms with Gasteiger partial charge in [-0.15, -0.1) is 17.9 Å². The van der Waals surface area contributed by atoms with E-state index in [9.17, 15) is 4.79 Å². The van der Waals surface area contributed by atoms with E-state index in [-0.39, 0.29) is 5.91 Å². The summed E-state index contributed by atoms with van der Waals surface area (Å²) in [4.78, 5) is 14.0. The van der Waals surface area contributed by atoms with Crippen molar-refractivity contribution < 1.29 is 4.79 Å². The molecule has 1 aromatic heterocycles. The van der Waals surface area contributed by atoms with Gasteiger partial charge in [0.15, 0.2) is 0 Å². The van der Waals surface area contributed by atoms with Crippen LogP contribution in [-0.2, 0) is 12.8 Å². The molecule has 80 valence electrons. The SMILES string of the molecule is C=CCCNC(=O)c1cc2c(s1)CCC2. The van der Waals surface area contributed by atoms with Crippen molar-refractivity contribution in [1.82, 2.24) is 5.32 Å². The van der Waals surface area contributed by atoms with Crippen molar-refractivity contribution in [3.63, 3.8) is 0 Å². The van der Waals surface area contributed by atoms with Gasteiger partial charge < -0.3 is 5.32 Å². The fourth-order valence-electron chi connectivity index (χ4n) is 1.82. The van der Waals surface area contributed by atoms with Crippen LogP contribution in [0.1, 0.15) is 33.0 Å². The topological polar surface area (TPSA) is 29.1 Å². The van der Waals surface area contributed by atoms with Gasteiger partial charge in [-0.25, -0.2) is 0 Å². The highest BCUT2D eigenvalue weighted by Crippen LogP contribution is 2.30. The highest BCUT2D eigenvalue weighted by atomic mass is 32.1. The summed E-state index contributed by atoms with van der Waals surface area (Å²) in [7, 11) is 0. The Hall–Kier alpha value is -1.09. The summed E-state index contributed by atoms with van der Waals surface area (Å²) < 4.78 is 0. The largest absolute Gasteiger partial charge is 0.351 e. The first kappa shape index (κ1) is 10.4. The smallest absolute Gasteiger partial charge is 0.261 e. The minimum Gasteiger partial charge on any atom is -0.351 e. The van der Waals surface area contributed by atoms with Crippen LogP contribution >= 0.6 is 11.3 Å². The molecule has 0 spiro atoms. The number of carbonyl (C=O) groups is 1. The molecule has 0 unspecified atom stereocenters. The number of hydrogen-bond acceptors (Lipinski definition) is 2. The van der Waals surface area contributed by atoms with Crippen molar-refractivity contribution >= 4 is 17.2 Å². The van der Waals surface area contributed by atoms with Gasteiger partial charge in [-0.3, -0.25) is 4.79 Å². The first-order valence-corrected chi connectivity index (χ1v) is 6.13. The third kappa shape index (κ3) is 2.29. The summed E-state index contributed by atoms with van der Waals surface area (Å²) in [6.07, 6.45) is 6.19. The van der Waals surface area contributed by atoms with E-state index in [1.807, 2.05) is 6.08 Å². The predicted octanol–water partition coefficient (Wildman–Crippen LogP) is 2.54. The maximum Gasteiger partial charge on any atom is 0.261 e. The van der Waals surface area contributed by atoms with Gasteiger partial charge in [0.25, 0.3) is 5.91 Å². The molecule has 0 aliphatic heterocycles. The Labute approximate surface area is 94.0 Å². The first-order chi connectivity index (χ1) is 7.31. The number of carbonyl (C=O) groups excluding carboxylic acids is 1. The van der Waals surface area contributed by atoms with Crippen LogP contribution in [0.5, 0.6) is 0 Å². The molecule has 3 heteroatoms. The minimum atomic E-state index is 0.0660. The molecule has 0 atom stereocenters. The molecule has 2 rings (SSSR count). The zero-order valence-corrected chi connectivity index (χ0v) is 9.53. The molecule has 0 saturated carbocycles. The highest BCUT2D eigenvalue weighted by molar-refractivity contribution is 7.14. The zero-order chi connectivity index (χ0) is 10.7. The average Bonchev–Trinajstić information content (AvgIpc) is 2.76. The highest BCUT2D eigenvalue weighted by Gasteiger charge is 2.17. The van der Waals surface area contributed by atoms with Gasteiger partial charge in [0.2, 0.25) is 0 Å². The monoisotopic (exact) mass is 221 g/mol. The second-order valence-corrected chi connectivity index (χ2v) is 4.88. The number of rotatable bonds is 4. The standard InChI is InChI=1S/C12H15NOS/c1-2-3-7-13-12(14)11-8-9-5-4-6-10(9)15-11/h2,8H,1,3-7H2,(H,13,14). The predicted molar refractivity (Wildman–Crippen MR) is 63.5 cm³/mol. The lowest BCUT2D eigenvalue weighted by molar-refractivity contribution is 0.0958. The molecular weight excluding hydrogens is 206 g/mol. The Bertz CT molecular complexity index is 359. The Morgan fingerprint density at radius 1 is 1.60 bits per heavy atom. The lowest BCUT2D eigenvalue weighted by Gasteiger charge is -2.00. The molecule has 0 fully saturated rings. The lowest BCUT2D eigenvalue weighted by Crippen LogP contribution is -2.23. The van der Waals surface area contributed by atoms with E-state index < -0.39 is 0 Å². The molecule has 1 amide bonds. The van der Waals surface area contributed by atoms with Crippen molar-refractivity contribution in [1.29, 1.82) is 0 Å². The van der Waals surface area contributed by atoms with Crippen LogP contribution in [0.3, 0.4) is 0 Å². The quantitative estimate of drug-likeness (QED) is 0.614. The summed E-state index contributed by atoms with van der Waals surface area (Å²) in [5, 5.41) is 2.89. The Morgan fingerprint density at radius 2 is 2.47 bits per heavy atom. The van der Waals surface area contributed by atoms with Crippen LogP contribution in [0.25, 0.3) is 0 Å². The fraction of sp³-hybridized carbons (Fsp3) is 0.417. The van der Waals surface area contributed by atoms with Crippen molar-refractivity contribution in [2.45, 2.75) is 25.7 Å². The van der Waals surface area contributed by atoms with E-state index in [1.54, 1.807) is 11.3 Å². The molecule has 1 heterocycles. The normalized spacial score (nSPS) is 13.6. The average molecular weight is 221 g/mol. The van der Waals surface area contributed by atoms with Crippen LogP contribution in [0.4, 0.5) is 0 Å². The number of nitrogens with one attached hydrogen (secondary N) is 1. The molecule has 1 aliphatic carbocycles. The van der Waals surface area contributed by atoms with E-state index in [0.29, 0.717) is 6.54 Å². The Balaban J connectivity index is 1.97. The first-order valence-electron chi connectivity index (χ1n) is 5.32. The minimum absolute atomic E-state index is 0.0660. The van der Waals surface area contributed by atoms with Crippen molar-refractivity contribution in [3.8, 4) is 0 Å². The Kier molecular flexibility index (Phi) is 3.21. The Morgan fingerprint density at radius 3 is 3.20 bits per heavy atom. The van der Waals surface area contributed by atoms with Crippen molar-refractivity contribution in [2.75, 3.05) is 6.54 Å². The van der Waals surface area contributed by atoms with Crippen LogP contribution in [-0.4, -0.2) is 12.5 Å². The number of thiophene rings is 1. The molecule has 0 bridgehead atoms. The molecule has 1 aliphatic rings. The zero-order valence-electron chi connectivity index (χ0n) is 8.71. The molecule has 0 radical (unpaired) electrons. The van der Waals surface area contributed by atoms with Gasteiger partial charge in [-0.1, -0.05) is 6.08 Å². The van der Waals surface area contributed by atoms with Crippen LogP contribution in [0.15, 0.2) is 18.7 Å². The third-order valence-electron chi connectivity index (χ3n) is 2.60. The second kappa shape index (κ2) is 4.62. The molecule has 1 aromatic rings. The molecule has 2 nitrogen and oxygen atoms in total. The summed E-state index contributed by atoms with van der Waals surface area (Å²) in [6, 6.07) is 2.05. The number of amides is 1. The number of fused-ring (bicyclic) bond motifs is 1. The summed E-state index contributed by atoms with van der Waals surface area (Å²) in [6.45, 7) is 4.31. The summed E-state index contributed by atoms with van der Waals surface area (Å²) in [5.41, 5.74) is 1.38. The van der Waals surface area contributed by atoms with Gasteiger partial charge in [0.1, 0.15) is 0 Å². The van der Waals surface area contributed by atoms with Crippen LogP contribution < -0.4 is 5.32 Å². The van der Waals surface area contributed by atoms with Gasteiger partial charge in [-0.05, 0) is 37.3 Å². The second-order valence-electron chi connectivity index (χ2n) is 3.75. The lowest BCUT2D eigenvalue weighted by atomic mass is 10.2. The third-order valence-corrected chi connectivity index (χ3v) is 3.84. The molecule has 15 heavy (non-hydrogen) atoms. The van der Waals surface area contributed by atoms with Gasteiger partial charge in [-0.2, -0.15) is 0 Å². The summed E-state index contributed by atoms with van der Waals surface area (Å²) >= 11 is 1.65. The maximum absolute atomic E-state index is 11.7. The molecule has 0 saturated heterocycles. The van der Waals surface area contributed by atoms with Gasteiger partial charge in [0, 0.05) is 11.4 Å². The number of hydrogen-bond donors (Lipinski definition) is 1. The van der Waals surface area contributed by atoms with Crippen molar-refractivity contribution in [3.05, 3.63) is 34.0 Å². The summed E-state index contributed by atoms with van der Waals surface area (Å²) in [5.74, 6) is 0.0660.